The predicted molar refractivity (Wildman–Crippen MR) is 133 cm³/mol. The second-order valence-electron chi connectivity index (χ2n) is 10.00. The van der Waals surface area contributed by atoms with Gasteiger partial charge in [0, 0.05) is 11.1 Å². The Labute approximate surface area is 190 Å². The summed E-state index contributed by atoms with van der Waals surface area (Å²) < 4.78 is 0. The molecule has 2 aromatic carbocycles. The first kappa shape index (κ1) is 22.0. The fourth-order valence-corrected chi connectivity index (χ4v) is 5.85. The van der Waals surface area contributed by atoms with Gasteiger partial charge in [0.1, 0.15) is 0 Å². The van der Waals surface area contributed by atoms with E-state index in [-0.39, 0.29) is 0 Å². The van der Waals surface area contributed by atoms with Crippen molar-refractivity contribution < 1.29 is 0 Å². The minimum absolute atomic E-state index is 0.749. The highest BCUT2D eigenvalue weighted by atomic mass is 14.4. The Morgan fingerprint density at radius 1 is 0.742 bits per heavy atom. The van der Waals surface area contributed by atoms with Crippen molar-refractivity contribution in [2.75, 3.05) is 0 Å². The molecule has 0 amide bonds. The number of rotatable bonds is 5. The fourth-order valence-electron chi connectivity index (χ4n) is 5.85. The Morgan fingerprint density at radius 3 is 1.81 bits per heavy atom. The van der Waals surface area contributed by atoms with Crippen LogP contribution in [0.4, 0.5) is 0 Å². The van der Waals surface area contributed by atoms with Crippen molar-refractivity contribution in [1.82, 2.24) is 0 Å². The summed E-state index contributed by atoms with van der Waals surface area (Å²) in [5, 5.41) is 0. The summed E-state index contributed by atoms with van der Waals surface area (Å²) in [5.41, 5.74) is 5.00. The fraction of sp³-hybridized carbons (Fsp3) is 0.484. The predicted octanol–water partition coefficient (Wildman–Crippen LogP) is 8.44. The second kappa shape index (κ2) is 10.9. The molecule has 162 valence electrons. The molecule has 0 aliphatic heterocycles. The molecule has 0 bridgehead atoms. The molecule has 0 spiro atoms. The van der Waals surface area contributed by atoms with Crippen LogP contribution in [0, 0.1) is 36.5 Å². The third-order valence-electron chi connectivity index (χ3n) is 7.89. The minimum Gasteiger partial charge on any atom is -0.103 e. The van der Waals surface area contributed by atoms with Crippen molar-refractivity contribution in [3.05, 3.63) is 83.4 Å². The van der Waals surface area contributed by atoms with Gasteiger partial charge in [0.15, 0.2) is 0 Å². The van der Waals surface area contributed by atoms with Crippen LogP contribution in [-0.2, 0) is 0 Å². The largest absolute Gasteiger partial charge is 0.103 e. The van der Waals surface area contributed by atoms with E-state index in [2.05, 4.69) is 80.0 Å². The van der Waals surface area contributed by atoms with Gasteiger partial charge in [-0.25, -0.2) is 0 Å². The molecule has 2 fully saturated rings. The first-order chi connectivity index (χ1) is 15.2. The lowest BCUT2D eigenvalue weighted by molar-refractivity contribution is 0.157. The molecule has 0 atom stereocenters. The Morgan fingerprint density at radius 2 is 1.26 bits per heavy atom. The van der Waals surface area contributed by atoms with E-state index in [1.165, 1.54) is 75.3 Å². The van der Waals surface area contributed by atoms with Gasteiger partial charge >= 0.3 is 0 Å². The molecular formula is C31H38. The van der Waals surface area contributed by atoms with E-state index in [1.54, 1.807) is 0 Å². The number of hydrogen-bond acceptors (Lipinski definition) is 0. The molecule has 4 rings (SSSR count). The Hall–Kier alpha value is -2.26. The normalized spacial score (nSPS) is 26.0. The molecule has 0 radical (unpaired) electrons. The van der Waals surface area contributed by atoms with Gasteiger partial charge in [-0.05, 0) is 112 Å². The summed E-state index contributed by atoms with van der Waals surface area (Å²) in [7, 11) is 0. The van der Waals surface area contributed by atoms with Gasteiger partial charge in [0.2, 0.25) is 0 Å². The van der Waals surface area contributed by atoms with E-state index in [1.807, 2.05) is 0 Å². The van der Waals surface area contributed by atoms with Crippen molar-refractivity contribution in [1.29, 1.82) is 0 Å². The second-order valence-corrected chi connectivity index (χ2v) is 10.00. The average Bonchev–Trinajstić information content (AvgIpc) is 2.83. The van der Waals surface area contributed by atoms with Crippen molar-refractivity contribution in [3.63, 3.8) is 0 Å². The smallest absolute Gasteiger partial charge is 0.0249 e. The van der Waals surface area contributed by atoms with E-state index in [9.17, 15) is 0 Å². The molecule has 0 nitrogen and oxygen atoms in total. The van der Waals surface area contributed by atoms with Gasteiger partial charge in [-0.2, -0.15) is 0 Å². The van der Waals surface area contributed by atoms with Crippen LogP contribution in [0.5, 0.6) is 0 Å². The third-order valence-corrected chi connectivity index (χ3v) is 7.89. The topological polar surface area (TPSA) is 0 Å². The van der Waals surface area contributed by atoms with E-state index < -0.39 is 0 Å². The third kappa shape index (κ3) is 6.13. The average molecular weight is 411 g/mol. The van der Waals surface area contributed by atoms with Crippen LogP contribution in [0.3, 0.4) is 0 Å². The monoisotopic (exact) mass is 410 g/mol. The van der Waals surface area contributed by atoms with Crippen molar-refractivity contribution >= 4 is 0 Å². The summed E-state index contributed by atoms with van der Waals surface area (Å²) in [6.45, 7) is 6.00. The van der Waals surface area contributed by atoms with Crippen LogP contribution in [-0.4, -0.2) is 0 Å². The van der Waals surface area contributed by atoms with Crippen LogP contribution in [0.15, 0.2) is 61.2 Å². The van der Waals surface area contributed by atoms with Gasteiger partial charge in [0.05, 0.1) is 0 Å². The standard InChI is InChI=1S/C31H38/c1-3-4-5-25-12-16-28(17-13-25)30-20-22-31(23-21-30)29-18-14-27(15-19-29)11-10-26-8-6-24(2)7-9-26/h3,6-9,14-15,18-19,25,28,30-31H,1,4-5,12-13,16-17,20-23H2,2H3/t25-,28-,30-,31-. The van der Waals surface area contributed by atoms with Crippen LogP contribution < -0.4 is 0 Å². The molecule has 0 heterocycles. The number of benzene rings is 2. The zero-order valence-corrected chi connectivity index (χ0v) is 19.3. The summed E-state index contributed by atoms with van der Waals surface area (Å²) in [6.07, 6.45) is 16.2. The number of aryl methyl sites for hydroxylation is 1. The maximum atomic E-state index is 3.89. The van der Waals surface area contributed by atoms with Gasteiger partial charge in [-0.3, -0.25) is 0 Å². The highest BCUT2D eigenvalue weighted by Crippen LogP contribution is 2.44. The summed E-state index contributed by atoms with van der Waals surface area (Å²) in [5.74, 6) is 10.3. The molecule has 0 aromatic heterocycles. The lowest BCUT2D eigenvalue weighted by atomic mass is 9.68. The first-order valence-electron chi connectivity index (χ1n) is 12.5. The number of allylic oxidation sites excluding steroid dienone is 1. The SMILES string of the molecule is C=CCC[C@H]1CC[C@H]([C@H]2CC[C@H](c3ccc(C#Cc4ccc(C)cc4)cc3)CC2)CC1. The zero-order valence-electron chi connectivity index (χ0n) is 19.3. The molecule has 2 aliphatic rings. The van der Waals surface area contributed by atoms with Crippen LogP contribution >= 0.6 is 0 Å². The van der Waals surface area contributed by atoms with E-state index in [0.717, 1.165) is 34.8 Å². The lowest BCUT2D eigenvalue weighted by Crippen LogP contribution is -2.25. The van der Waals surface area contributed by atoms with Crippen molar-refractivity contribution in [2.45, 2.75) is 77.0 Å². The van der Waals surface area contributed by atoms with E-state index in [0.29, 0.717) is 0 Å². The van der Waals surface area contributed by atoms with Gasteiger partial charge in [-0.15, -0.1) is 6.58 Å². The summed E-state index contributed by atoms with van der Waals surface area (Å²) >= 11 is 0. The van der Waals surface area contributed by atoms with Crippen molar-refractivity contribution in [3.8, 4) is 11.8 Å². The molecule has 2 saturated carbocycles. The maximum Gasteiger partial charge on any atom is 0.0249 e. The number of hydrogen-bond donors (Lipinski definition) is 0. The highest BCUT2D eigenvalue weighted by Gasteiger charge is 2.31. The maximum absolute atomic E-state index is 3.89. The van der Waals surface area contributed by atoms with Crippen LogP contribution in [0.25, 0.3) is 0 Å². The zero-order chi connectivity index (χ0) is 21.5. The van der Waals surface area contributed by atoms with Crippen LogP contribution in [0.2, 0.25) is 0 Å². The Kier molecular flexibility index (Phi) is 7.69. The quantitative estimate of drug-likeness (QED) is 0.342. The molecule has 31 heavy (non-hydrogen) atoms. The Balaban J connectivity index is 1.26. The molecule has 0 unspecified atom stereocenters. The summed E-state index contributed by atoms with van der Waals surface area (Å²) in [6, 6.07) is 17.5. The Bertz CT molecular complexity index is 874. The van der Waals surface area contributed by atoms with Gasteiger partial charge in [0.25, 0.3) is 0 Å². The molecule has 2 aromatic rings. The summed E-state index contributed by atoms with van der Waals surface area (Å²) in [4.78, 5) is 0. The lowest BCUT2D eigenvalue weighted by Gasteiger charge is -2.38. The van der Waals surface area contributed by atoms with E-state index in [4.69, 9.17) is 0 Å². The molecule has 0 N–H and O–H groups in total. The first-order valence-corrected chi connectivity index (χ1v) is 12.5. The molecule has 0 heteroatoms. The van der Waals surface area contributed by atoms with Crippen LogP contribution in [0.1, 0.15) is 92.4 Å². The molecular weight excluding hydrogens is 372 g/mol. The van der Waals surface area contributed by atoms with Crippen molar-refractivity contribution in [2.24, 2.45) is 17.8 Å². The van der Waals surface area contributed by atoms with Gasteiger partial charge in [-0.1, -0.05) is 60.6 Å². The van der Waals surface area contributed by atoms with Gasteiger partial charge < -0.3 is 0 Å². The molecule has 2 aliphatic carbocycles. The van der Waals surface area contributed by atoms with E-state index >= 15 is 0 Å². The molecule has 0 saturated heterocycles. The highest BCUT2D eigenvalue weighted by molar-refractivity contribution is 5.44. The minimum atomic E-state index is 0.749.